The highest BCUT2D eigenvalue weighted by molar-refractivity contribution is 7.16. The van der Waals surface area contributed by atoms with Crippen molar-refractivity contribution in [3.63, 3.8) is 0 Å². The lowest BCUT2D eigenvalue weighted by atomic mass is 9.84. The standard InChI is InChI=1S/C11H16ClNS/c1-8(2)11(6-3-7-13-11)9-4-5-10(12)14-9/h4-5,8,13H,3,6-7H2,1-2H3. The van der Waals surface area contributed by atoms with Crippen molar-refractivity contribution < 1.29 is 0 Å². The van der Waals surface area contributed by atoms with Gasteiger partial charge in [-0.25, -0.2) is 0 Å². The summed E-state index contributed by atoms with van der Waals surface area (Å²) in [6, 6.07) is 4.18. The Bertz CT molecular complexity index is 313. The number of hydrogen-bond acceptors (Lipinski definition) is 2. The normalized spacial score (nSPS) is 27.4. The lowest BCUT2D eigenvalue weighted by Gasteiger charge is -2.32. The molecule has 78 valence electrons. The molecule has 1 saturated heterocycles. The van der Waals surface area contributed by atoms with Crippen LogP contribution in [-0.2, 0) is 5.54 Å². The zero-order valence-electron chi connectivity index (χ0n) is 8.64. The smallest absolute Gasteiger partial charge is 0.0931 e. The molecule has 0 spiro atoms. The fourth-order valence-electron chi connectivity index (χ4n) is 2.31. The highest BCUT2D eigenvalue weighted by Crippen LogP contribution is 2.41. The molecule has 1 aliphatic rings. The third-order valence-corrected chi connectivity index (χ3v) is 4.60. The number of nitrogens with one attached hydrogen (secondary N) is 1. The van der Waals surface area contributed by atoms with E-state index in [-0.39, 0.29) is 5.54 Å². The Labute approximate surface area is 94.5 Å². The fraction of sp³-hybridized carbons (Fsp3) is 0.636. The SMILES string of the molecule is CC(C)C1(c2ccc(Cl)s2)CCCN1. The van der Waals surface area contributed by atoms with E-state index in [1.807, 2.05) is 6.07 Å². The lowest BCUT2D eigenvalue weighted by molar-refractivity contribution is 0.283. The van der Waals surface area contributed by atoms with Gasteiger partial charge in [-0.2, -0.15) is 0 Å². The van der Waals surface area contributed by atoms with E-state index in [0.717, 1.165) is 10.9 Å². The van der Waals surface area contributed by atoms with Gasteiger partial charge in [0.1, 0.15) is 0 Å². The maximum absolute atomic E-state index is 6.00. The molecular formula is C11H16ClNS. The summed E-state index contributed by atoms with van der Waals surface area (Å²) in [7, 11) is 0. The molecule has 0 radical (unpaired) electrons. The van der Waals surface area contributed by atoms with E-state index in [0.29, 0.717) is 5.92 Å². The van der Waals surface area contributed by atoms with Gasteiger partial charge in [-0.1, -0.05) is 25.4 Å². The number of hydrogen-bond donors (Lipinski definition) is 1. The van der Waals surface area contributed by atoms with Gasteiger partial charge < -0.3 is 5.32 Å². The molecule has 14 heavy (non-hydrogen) atoms. The van der Waals surface area contributed by atoms with Crippen LogP contribution in [0.2, 0.25) is 4.34 Å². The molecular weight excluding hydrogens is 214 g/mol. The Morgan fingerprint density at radius 1 is 1.50 bits per heavy atom. The Kier molecular flexibility index (Phi) is 2.87. The van der Waals surface area contributed by atoms with Crippen molar-refractivity contribution in [3.05, 3.63) is 21.3 Å². The lowest BCUT2D eigenvalue weighted by Crippen LogP contribution is -2.40. The Morgan fingerprint density at radius 3 is 2.71 bits per heavy atom. The summed E-state index contributed by atoms with van der Waals surface area (Å²) in [6.45, 7) is 5.70. The van der Waals surface area contributed by atoms with Crippen LogP contribution in [0.4, 0.5) is 0 Å². The van der Waals surface area contributed by atoms with Gasteiger partial charge in [-0.3, -0.25) is 0 Å². The van der Waals surface area contributed by atoms with E-state index in [2.05, 4.69) is 25.2 Å². The fourth-order valence-corrected chi connectivity index (χ4v) is 3.70. The first-order chi connectivity index (χ1) is 6.65. The highest BCUT2D eigenvalue weighted by Gasteiger charge is 2.39. The van der Waals surface area contributed by atoms with Gasteiger partial charge in [0.25, 0.3) is 0 Å². The minimum Gasteiger partial charge on any atom is -0.307 e. The Balaban J connectivity index is 2.36. The molecule has 1 aliphatic heterocycles. The molecule has 1 fully saturated rings. The first kappa shape index (κ1) is 10.5. The Hall–Kier alpha value is -0.0500. The van der Waals surface area contributed by atoms with Crippen LogP contribution in [0.25, 0.3) is 0 Å². The molecule has 2 rings (SSSR count). The van der Waals surface area contributed by atoms with Crippen molar-refractivity contribution in [2.24, 2.45) is 5.92 Å². The number of rotatable bonds is 2. The summed E-state index contributed by atoms with van der Waals surface area (Å²) >= 11 is 7.71. The summed E-state index contributed by atoms with van der Waals surface area (Å²) in [5, 5.41) is 3.65. The minimum absolute atomic E-state index is 0.192. The summed E-state index contributed by atoms with van der Waals surface area (Å²) in [5.74, 6) is 0.625. The largest absolute Gasteiger partial charge is 0.307 e. The van der Waals surface area contributed by atoms with Crippen LogP contribution in [0.5, 0.6) is 0 Å². The van der Waals surface area contributed by atoms with Gasteiger partial charge in [0.05, 0.1) is 9.88 Å². The van der Waals surface area contributed by atoms with Crippen molar-refractivity contribution in [1.82, 2.24) is 5.32 Å². The molecule has 1 nitrogen and oxygen atoms in total. The number of halogens is 1. The van der Waals surface area contributed by atoms with Crippen LogP contribution in [-0.4, -0.2) is 6.54 Å². The van der Waals surface area contributed by atoms with Gasteiger partial charge in [-0.15, -0.1) is 11.3 Å². The van der Waals surface area contributed by atoms with Gasteiger partial charge in [-0.05, 0) is 37.4 Å². The molecule has 0 saturated carbocycles. The first-order valence-corrected chi connectivity index (χ1v) is 6.35. The van der Waals surface area contributed by atoms with Crippen LogP contribution in [0.15, 0.2) is 12.1 Å². The molecule has 0 aliphatic carbocycles. The predicted octanol–water partition coefficient (Wildman–Crippen LogP) is 3.64. The Morgan fingerprint density at radius 2 is 2.29 bits per heavy atom. The molecule has 0 bridgehead atoms. The van der Waals surface area contributed by atoms with Crippen LogP contribution < -0.4 is 5.32 Å². The monoisotopic (exact) mass is 229 g/mol. The molecule has 1 aromatic rings. The third-order valence-electron chi connectivity index (χ3n) is 3.19. The van der Waals surface area contributed by atoms with E-state index < -0.39 is 0 Å². The zero-order valence-corrected chi connectivity index (χ0v) is 10.2. The molecule has 2 heterocycles. The van der Waals surface area contributed by atoms with E-state index in [1.54, 1.807) is 11.3 Å². The van der Waals surface area contributed by atoms with Crippen molar-refractivity contribution in [2.45, 2.75) is 32.2 Å². The maximum Gasteiger partial charge on any atom is 0.0931 e. The van der Waals surface area contributed by atoms with Crippen LogP contribution in [0.1, 0.15) is 31.6 Å². The topological polar surface area (TPSA) is 12.0 Å². The molecule has 1 N–H and O–H groups in total. The van der Waals surface area contributed by atoms with Crippen molar-refractivity contribution in [2.75, 3.05) is 6.54 Å². The van der Waals surface area contributed by atoms with E-state index >= 15 is 0 Å². The van der Waals surface area contributed by atoms with E-state index in [9.17, 15) is 0 Å². The summed E-state index contributed by atoms with van der Waals surface area (Å²) in [4.78, 5) is 1.40. The van der Waals surface area contributed by atoms with Gasteiger partial charge in [0, 0.05) is 4.88 Å². The second-order valence-corrected chi connectivity index (χ2v) is 5.98. The second kappa shape index (κ2) is 3.84. The van der Waals surface area contributed by atoms with Crippen LogP contribution in [0.3, 0.4) is 0 Å². The van der Waals surface area contributed by atoms with Crippen molar-refractivity contribution in [3.8, 4) is 0 Å². The predicted molar refractivity (Wildman–Crippen MR) is 63.1 cm³/mol. The summed E-state index contributed by atoms with van der Waals surface area (Å²) in [6.07, 6.45) is 2.51. The minimum atomic E-state index is 0.192. The molecule has 1 atom stereocenters. The molecule has 3 heteroatoms. The average molecular weight is 230 g/mol. The molecule has 1 aromatic heterocycles. The van der Waals surface area contributed by atoms with Gasteiger partial charge in [0.2, 0.25) is 0 Å². The summed E-state index contributed by atoms with van der Waals surface area (Å²) in [5.41, 5.74) is 0.192. The second-order valence-electron chi connectivity index (χ2n) is 4.26. The van der Waals surface area contributed by atoms with Crippen molar-refractivity contribution in [1.29, 1.82) is 0 Å². The maximum atomic E-state index is 6.00. The summed E-state index contributed by atoms with van der Waals surface area (Å²) < 4.78 is 0.897. The number of thiophene rings is 1. The molecule has 0 aromatic carbocycles. The van der Waals surface area contributed by atoms with Gasteiger partial charge in [0.15, 0.2) is 0 Å². The van der Waals surface area contributed by atoms with Crippen LogP contribution >= 0.6 is 22.9 Å². The molecule has 0 amide bonds. The van der Waals surface area contributed by atoms with Gasteiger partial charge >= 0.3 is 0 Å². The first-order valence-electron chi connectivity index (χ1n) is 5.16. The average Bonchev–Trinajstić information content (AvgIpc) is 2.71. The molecule has 1 unspecified atom stereocenters. The van der Waals surface area contributed by atoms with E-state index in [4.69, 9.17) is 11.6 Å². The quantitative estimate of drug-likeness (QED) is 0.817. The van der Waals surface area contributed by atoms with Crippen molar-refractivity contribution >= 4 is 22.9 Å². The van der Waals surface area contributed by atoms with E-state index in [1.165, 1.54) is 17.7 Å². The highest BCUT2D eigenvalue weighted by atomic mass is 35.5. The van der Waals surface area contributed by atoms with Crippen LogP contribution in [0, 0.1) is 5.92 Å². The zero-order chi connectivity index (χ0) is 10.2. The third kappa shape index (κ3) is 1.60.